The maximum Gasteiger partial charge on any atom is 0.211 e. The Hall–Kier alpha value is -7.02. The van der Waals surface area contributed by atoms with Gasteiger partial charge < -0.3 is 8.98 Å². The summed E-state index contributed by atoms with van der Waals surface area (Å²) in [6, 6.07) is 48.0. The maximum absolute atomic E-state index is 10.5. The summed E-state index contributed by atoms with van der Waals surface area (Å²) in [6.45, 7) is 8.33. The zero-order valence-electron chi connectivity index (χ0n) is 25.4. The third kappa shape index (κ3) is 4.11. The quantitative estimate of drug-likeness (QED) is 0.185. The van der Waals surface area contributed by atoms with Crippen LogP contribution >= 0.6 is 0 Å². The maximum atomic E-state index is 10.5. The van der Waals surface area contributed by atoms with Crippen molar-refractivity contribution in [1.29, 1.82) is 5.26 Å². The van der Waals surface area contributed by atoms with Crippen molar-refractivity contribution < 1.29 is 4.42 Å². The van der Waals surface area contributed by atoms with Crippen LogP contribution in [0.15, 0.2) is 144 Å². The normalized spacial score (nSPS) is 11.3. The first kappa shape index (κ1) is 27.3. The number of benzene rings is 6. The van der Waals surface area contributed by atoms with Gasteiger partial charge in [-0.2, -0.15) is 5.26 Å². The second kappa shape index (κ2) is 10.8. The van der Waals surface area contributed by atoms with Gasteiger partial charge in [-0.25, -0.2) is 14.8 Å². The van der Waals surface area contributed by atoms with Crippen LogP contribution < -0.4 is 0 Å². The van der Waals surface area contributed by atoms with E-state index < -0.39 is 0 Å². The predicted molar refractivity (Wildman–Crippen MR) is 191 cm³/mol. The molecule has 3 heterocycles. The summed E-state index contributed by atoms with van der Waals surface area (Å²) in [7, 11) is 0. The standard InChI is InChI=1S/C42H23N5O/c1-44-32-24-28(41-31(25-43)40(26-12-4-2-5-13-26)45-42(46-41)27-14-6-3-7-15-27)20-21-34(32)47-33-18-10-8-16-29(33)38-35(47)22-23-37-39(38)30-17-9-11-19-36(30)48-37/h2-24H. The molecule has 48 heavy (non-hydrogen) atoms. The number of nitrogens with zero attached hydrogens (tertiary/aromatic N) is 5. The van der Waals surface area contributed by atoms with Crippen LogP contribution in [0.2, 0.25) is 0 Å². The summed E-state index contributed by atoms with van der Waals surface area (Å²) in [6.07, 6.45) is 0. The largest absolute Gasteiger partial charge is 0.456 e. The van der Waals surface area contributed by atoms with E-state index in [1.807, 2.05) is 115 Å². The molecule has 0 aliphatic carbocycles. The van der Waals surface area contributed by atoms with Crippen molar-refractivity contribution in [3.63, 3.8) is 0 Å². The molecule has 0 spiro atoms. The van der Waals surface area contributed by atoms with Gasteiger partial charge in [-0.1, -0.05) is 103 Å². The van der Waals surface area contributed by atoms with E-state index in [9.17, 15) is 5.26 Å². The van der Waals surface area contributed by atoms with Crippen molar-refractivity contribution in [1.82, 2.24) is 14.5 Å². The lowest BCUT2D eigenvalue weighted by Crippen LogP contribution is -2.01. The molecular weight excluding hydrogens is 590 g/mol. The topological polar surface area (TPSA) is 72.0 Å². The van der Waals surface area contributed by atoms with Gasteiger partial charge in [0.15, 0.2) is 5.82 Å². The summed E-state index contributed by atoms with van der Waals surface area (Å²) < 4.78 is 8.39. The number of aromatic nitrogens is 3. The first-order valence-corrected chi connectivity index (χ1v) is 15.5. The Bertz CT molecular complexity index is 2800. The van der Waals surface area contributed by atoms with Crippen molar-refractivity contribution in [3.05, 3.63) is 157 Å². The number of furan rings is 1. The molecular formula is C42H23N5O. The van der Waals surface area contributed by atoms with Gasteiger partial charge in [-0.05, 0) is 42.0 Å². The lowest BCUT2D eigenvalue weighted by atomic mass is 9.99. The molecule has 3 aromatic heterocycles. The highest BCUT2D eigenvalue weighted by Crippen LogP contribution is 2.43. The average molecular weight is 614 g/mol. The van der Waals surface area contributed by atoms with Crippen molar-refractivity contribution >= 4 is 49.4 Å². The Morgan fingerprint density at radius 2 is 1.27 bits per heavy atom. The molecule has 9 aromatic rings. The number of hydrogen-bond acceptors (Lipinski definition) is 4. The SMILES string of the molecule is [C-]#[N+]c1cc(-c2nc(-c3ccccc3)nc(-c3ccccc3)c2C#N)ccc1-n1c2ccccc2c2c3c(ccc21)oc1ccccc13. The van der Waals surface area contributed by atoms with Crippen molar-refractivity contribution in [3.8, 4) is 45.7 Å². The van der Waals surface area contributed by atoms with E-state index >= 15 is 0 Å². The molecule has 0 amide bonds. The fraction of sp³-hybridized carbons (Fsp3) is 0. The molecule has 0 aliphatic heterocycles. The minimum atomic E-state index is 0.357. The van der Waals surface area contributed by atoms with Crippen molar-refractivity contribution in [2.75, 3.05) is 0 Å². The van der Waals surface area contributed by atoms with E-state index in [0.717, 1.165) is 60.6 Å². The van der Waals surface area contributed by atoms with Crippen LogP contribution in [0.5, 0.6) is 0 Å². The van der Waals surface area contributed by atoms with Crippen LogP contribution in [0.4, 0.5) is 5.69 Å². The molecule has 6 nitrogen and oxygen atoms in total. The van der Waals surface area contributed by atoms with Gasteiger partial charge in [-0.3, -0.25) is 0 Å². The summed E-state index contributed by atoms with van der Waals surface area (Å²) in [5.74, 6) is 0.510. The first-order valence-electron chi connectivity index (χ1n) is 15.5. The van der Waals surface area contributed by atoms with E-state index in [4.69, 9.17) is 21.0 Å². The minimum absolute atomic E-state index is 0.357. The molecule has 0 aliphatic rings. The Balaban J connectivity index is 1.30. The molecule has 0 saturated heterocycles. The fourth-order valence-electron chi connectivity index (χ4n) is 6.78. The van der Waals surface area contributed by atoms with E-state index in [1.54, 1.807) is 0 Å². The first-order chi connectivity index (χ1) is 23.7. The third-order valence-electron chi connectivity index (χ3n) is 8.89. The molecule has 0 unspecified atom stereocenters. The molecule has 0 bridgehead atoms. The lowest BCUT2D eigenvalue weighted by molar-refractivity contribution is 0.669. The van der Waals surface area contributed by atoms with Gasteiger partial charge in [0, 0.05) is 32.7 Å². The molecule has 0 saturated carbocycles. The van der Waals surface area contributed by atoms with E-state index in [-0.39, 0.29) is 0 Å². The van der Waals surface area contributed by atoms with Crippen LogP contribution in [-0.2, 0) is 0 Å². The van der Waals surface area contributed by atoms with Crippen LogP contribution in [0, 0.1) is 17.9 Å². The van der Waals surface area contributed by atoms with Crippen molar-refractivity contribution in [2.24, 2.45) is 0 Å². The second-order valence-corrected chi connectivity index (χ2v) is 11.6. The van der Waals surface area contributed by atoms with Gasteiger partial charge in [0.25, 0.3) is 0 Å². The number of para-hydroxylation sites is 2. The second-order valence-electron chi connectivity index (χ2n) is 11.6. The lowest BCUT2D eigenvalue weighted by Gasteiger charge is -2.14. The molecule has 0 atom stereocenters. The van der Waals surface area contributed by atoms with Gasteiger partial charge in [0.05, 0.1) is 34.7 Å². The van der Waals surface area contributed by atoms with Crippen LogP contribution in [-0.4, -0.2) is 14.5 Å². The molecule has 6 aromatic carbocycles. The summed E-state index contributed by atoms with van der Waals surface area (Å²) >= 11 is 0. The van der Waals surface area contributed by atoms with E-state index in [0.29, 0.717) is 34.0 Å². The minimum Gasteiger partial charge on any atom is -0.456 e. The highest BCUT2D eigenvalue weighted by molar-refractivity contribution is 6.27. The van der Waals surface area contributed by atoms with E-state index in [2.05, 4.69) is 39.7 Å². The van der Waals surface area contributed by atoms with Crippen LogP contribution in [0.3, 0.4) is 0 Å². The summed E-state index contributed by atoms with van der Waals surface area (Å²) in [5.41, 5.74) is 8.53. The molecule has 0 radical (unpaired) electrons. The number of fused-ring (bicyclic) bond motifs is 7. The summed E-state index contributed by atoms with van der Waals surface area (Å²) in [5, 5.41) is 14.8. The van der Waals surface area contributed by atoms with Gasteiger partial charge >= 0.3 is 0 Å². The smallest absolute Gasteiger partial charge is 0.211 e. The zero-order chi connectivity index (χ0) is 32.2. The number of rotatable bonds is 4. The van der Waals surface area contributed by atoms with Gasteiger partial charge in [0.1, 0.15) is 22.8 Å². The number of hydrogen-bond donors (Lipinski definition) is 0. The monoisotopic (exact) mass is 613 g/mol. The predicted octanol–water partition coefficient (Wildman–Crippen LogP) is 10.9. The highest BCUT2D eigenvalue weighted by atomic mass is 16.3. The van der Waals surface area contributed by atoms with Gasteiger partial charge in [0.2, 0.25) is 5.69 Å². The van der Waals surface area contributed by atoms with Crippen LogP contribution in [0.25, 0.3) is 88.2 Å². The summed E-state index contributed by atoms with van der Waals surface area (Å²) in [4.78, 5) is 13.8. The van der Waals surface area contributed by atoms with E-state index in [1.165, 1.54) is 0 Å². The number of nitriles is 1. The Labute approximate surface area is 275 Å². The Kier molecular flexibility index (Phi) is 6.15. The molecule has 9 rings (SSSR count). The highest BCUT2D eigenvalue weighted by Gasteiger charge is 2.22. The molecule has 0 N–H and O–H groups in total. The average Bonchev–Trinajstić information content (AvgIpc) is 3.70. The van der Waals surface area contributed by atoms with Crippen molar-refractivity contribution in [2.45, 2.75) is 0 Å². The fourth-order valence-corrected chi connectivity index (χ4v) is 6.78. The molecule has 222 valence electrons. The Morgan fingerprint density at radius 1 is 0.604 bits per heavy atom. The molecule has 6 heteroatoms. The third-order valence-corrected chi connectivity index (χ3v) is 8.89. The van der Waals surface area contributed by atoms with Gasteiger partial charge in [-0.15, -0.1) is 0 Å². The Morgan fingerprint density at radius 3 is 2.02 bits per heavy atom. The zero-order valence-corrected chi connectivity index (χ0v) is 25.4. The van der Waals surface area contributed by atoms with Crippen LogP contribution in [0.1, 0.15) is 5.56 Å². The molecule has 0 fully saturated rings.